The van der Waals surface area contributed by atoms with Crippen LogP contribution in [0.3, 0.4) is 0 Å². The lowest BCUT2D eigenvalue weighted by Crippen LogP contribution is -2.51. The summed E-state index contributed by atoms with van der Waals surface area (Å²) >= 11 is 0. The number of rotatable bonds is 9. The molecule has 0 heterocycles. The molecule has 1 aliphatic carbocycles. The zero-order valence-corrected chi connectivity index (χ0v) is 20.8. The minimum Gasteiger partial charge on any atom is -0.468 e. The fourth-order valence-corrected chi connectivity index (χ4v) is 5.08. The average molecular weight is 443 g/mol. The summed E-state index contributed by atoms with van der Waals surface area (Å²) in [6.45, 7) is 13.9. The maximum atomic E-state index is 12.6. The fourth-order valence-electron chi connectivity index (χ4n) is 5.08. The number of methoxy groups -OCH3 is 2. The number of alkyl carbamates (subject to hydrolysis) is 1. The molecule has 2 amide bonds. The number of carbonyl (C=O) groups is 3. The fraction of sp³-hybridized carbons (Fsp3) is 0.870. The zero-order valence-electron chi connectivity index (χ0n) is 20.8. The molecule has 1 rings (SSSR count). The van der Waals surface area contributed by atoms with Crippen LogP contribution in [0, 0.1) is 16.2 Å². The molecule has 3 atom stereocenters. The van der Waals surface area contributed by atoms with Gasteiger partial charge >= 0.3 is 12.1 Å². The Hall–Kier alpha value is -1.83. The van der Waals surface area contributed by atoms with E-state index in [-0.39, 0.29) is 29.4 Å². The van der Waals surface area contributed by atoms with Gasteiger partial charge in [-0.3, -0.25) is 9.59 Å². The highest BCUT2D eigenvalue weighted by Crippen LogP contribution is 2.45. The largest absolute Gasteiger partial charge is 0.468 e. The molecule has 0 aliphatic heterocycles. The van der Waals surface area contributed by atoms with Crippen molar-refractivity contribution in [3.63, 3.8) is 0 Å². The molecule has 1 fully saturated rings. The molecular weight excluding hydrogens is 400 g/mol. The maximum Gasteiger partial charge on any atom is 0.407 e. The van der Waals surface area contributed by atoms with E-state index in [0.29, 0.717) is 13.0 Å². The van der Waals surface area contributed by atoms with E-state index in [1.165, 1.54) is 14.0 Å². The molecule has 1 aliphatic rings. The third-order valence-corrected chi connectivity index (χ3v) is 6.10. The standard InChI is InChI=1S/C23H42N2O6/c1-16(26)24-14-22(6)11-17(10-20(2,3)12-22)25-19(28)31-15-23(7,18(27)29-8)13-21(4,5)30-9/h17H,10-15H2,1-9H3,(H,24,26)(H,25,28). The average Bonchev–Trinajstić information content (AvgIpc) is 2.62. The summed E-state index contributed by atoms with van der Waals surface area (Å²) in [5.74, 6) is -0.512. The van der Waals surface area contributed by atoms with Crippen LogP contribution >= 0.6 is 0 Å². The van der Waals surface area contributed by atoms with Crippen LogP contribution in [-0.4, -0.2) is 57.0 Å². The van der Waals surface area contributed by atoms with Gasteiger partial charge in [0.05, 0.1) is 12.7 Å². The van der Waals surface area contributed by atoms with Crippen molar-refractivity contribution in [3.8, 4) is 0 Å². The van der Waals surface area contributed by atoms with Gasteiger partial charge in [-0.05, 0) is 57.3 Å². The van der Waals surface area contributed by atoms with Crippen LogP contribution in [0.4, 0.5) is 4.79 Å². The van der Waals surface area contributed by atoms with Gasteiger partial charge in [-0.1, -0.05) is 20.8 Å². The summed E-state index contributed by atoms with van der Waals surface area (Å²) in [4.78, 5) is 36.4. The predicted molar refractivity (Wildman–Crippen MR) is 119 cm³/mol. The highest BCUT2D eigenvalue weighted by Gasteiger charge is 2.43. The Morgan fingerprint density at radius 1 is 1.06 bits per heavy atom. The first kappa shape index (κ1) is 27.2. The van der Waals surface area contributed by atoms with Crippen LogP contribution in [0.25, 0.3) is 0 Å². The highest BCUT2D eigenvalue weighted by molar-refractivity contribution is 5.77. The molecule has 3 unspecified atom stereocenters. The molecule has 0 aromatic carbocycles. The quantitative estimate of drug-likeness (QED) is 0.530. The SMILES string of the molecule is COC(=O)C(C)(COC(=O)NC1CC(C)(C)CC(C)(CNC(C)=O)C1)CC(C)(C)OC. The molecule has 0 aromatic rings. The Morgan fingerprint density at radius 2 is 1.68 bits per heavy atom. The lowest BCUT2D eigenvalue weighted by molar-refractivity contribution is -0.159. The number of esters is 1. The first-order valence-corrected chi connectivity index (χ1v) is 10.9. The first-order chi connectivity index (χ1) is 14.1. The van der Waals surface area contributed by atoms with Gasteiger partial charge < -0.3 is 24.8 Å². The van der Waals surface area contributed by atoms with Gasteiger partial charge in [-0.15, -0.1) is 0 Å². The van der Waals surface area contributed by atoms with Crippen molar-refractivity contribution < 1.29 is 28.6 Å². The van der Waals surface area contributed by atoms with Gasteiger partial charge in [-0.2, -0.15) is 0 Å². The van der Waals surface area contributed by atoms with Gasteiger partial charge in [0.15, 0.2) is 0 Å². The van der Waals surface area contributed by atoms with E-state index in [4.69, 9.17) is 14.2 Å². The van der Waals surface area contributed by atoms with Crippen molar-refractivity contribution in [2.45, 2.75) is 85.8 Å². The Kier molecular flexibility index (Phi) is 8.94. The second kappa shape index (κ2) is 10.2. The molecule has 0 saturated heterocycles. The monoisotopic (exact) mass is 442 g/mol. The van der Waals surface area contributed by atoms with E-state index in [9.17, 15) is 14.4 Å². The predicted octanol–water partition coefficient (Wildman–Crippen LogP) is 3.43. The van der Waals surface area contributed by atoms with Crippen LogP contribution in [0.15, 0.2) is 0 Å². The number of amides is 2. The number of hydrogen-bond acceptors (Lipinski definition) is 6. The van der Waals surface area contributed by atoms with Crippen LogP contribution in [0.2, 0.25) is 0 Å². The van der Waals surface area contributed by atoms with Gasteiger partial charge in [-0.25, -0.2) is 4.79 Å². The van der Waals surface area contributed by atoms with Crippen molar-refractivity contribution >= 4 is 18.0 Å². The maximum absolute atomic E-state index is 12.6. The van der Waals surface area contributed by atoms with E-state index in [1.54, 1.807) is 14.0 Å². The lowest BCUT2D eigenvalue weighted by atomic mass is 9.62. The third kappa shape index (κ3) is 8.67. The Bertz CT molecular complexity index is 662. The second-order valence-electron chi connectivity index (χ2n) is 11.1. The number of nitrogens with one attached hydrogen (secondary N) is 2. The Morgan fingerprint density at radius 3 is 2.19 bits per heavy atom. The summed E-state index contributed by atoms with van der Waals surface area (Å²) in [5, 5.41) is 5.88. The van der Waals surface area contributed by atoms with Gasteiger partial charge in [0, 0.05) is 26.6 Å². The van der Waals surface area contributed by atoms with Gasteiger partial charge in [0.25, 0.3) is 0 Å². The summed E-state index contributed by atoms with van der Waals surface area (Å²) in [6, 6.07) is -0.0881. The van der Waals surface area contributed by atoms with Crippen molar-refractivity contribution in [1.29, 1.82) is 0 Å². The molecule has 0 aromatic heterocycles. The van der Waals surface area contributed by atoms with Gasteiger partial charge in [0.2, 0.25) is 5.91 Å². The highest BCUT2D eigenvalue weighted by atomic mass is 16.6. The van der Waals surface area contributed by atoms with E-state index in [2.05, 4.69) is 31.4 Å². The van der Waals surface area contributed by atoms with Crippen molar-refractivity contribution in [2.24, 2.45) is 16.2 Å². The summed E-state index contributed by atoms with van der Waals surface area (Å²) < 4.78 is 15.9. The second-order valence-corrected chi connectivity index (χ2v) is 11.1. The zero-order chi connectivity index (χ0) is 24.1. The summed E-state index contributed by atoms with van der Waals surface area (Å²) in [5.41, 5.74) is -1.74. The van der Waals surface area contributed by atoms with E-state index in [1.807, 2.05) is 13.8 Å². The topological polar surface area (TPSA) is 103 Å². The summed E-state index contributed by atoms with van der Waals surface area (Å²) in [7, 11) is 2.90. The normalized spacial score (nSPS) is 25.1. The van der Waals surface area contributed by atoms with E-state index in [0.717, 1.165) is 19.3 Å². The third-order valence-electron chi connectivity index (χ3n) is 6.10. The minimum atomic E-state index is -1.03. The molecule has 1 saturated carbocycles. The molecule has 8 heteroatoms. The van der Waals surface area contributed by atoms with E-state index >= 15 is 0 Å². The lowest BCUT2D eigenvalue weighted by Gasteiger charge is -2.46. The number of carbonyl (C=O) groups excluding carboxylic acids is 3. The molecule has 8 nitrogen and oxygen atoms in total. The molecular formula is C23H42N2O6. The smallest absolute Gasteiger partial charge is 0.407 e. The molecule has 0 bridgehead atoms. The molecule has 0 radical (unpaired) electrons. The number of ether oxygens (including phenoxy) is 3. The first-order valence-electron chi connectivity index (χ1n) is 10.9. The molecule has 2 N–H and O–H groups in total. The van der Waals surface area contributed by atoms with Crippen molar-refractivity contribution in [1.82, 2.24) is 10.6 Å². The number of hydrogen-bond donors (Lipinski definition) is 2. The minimum absolute atomic E-state index is 0.00638. The molecule has 0 spiro atoms. The molecule has 180 valence electrons. The Balaban J connectivity index is 2.80. The summed E-state index contributed by atoms with van der Waals surface area (Å²) in [6.07, 6.45) is 2.26. The van der Waals surface area contributed by atoms with Crippen LogP contribution < -0.4 is 10.6 Å². The molecule has 31 heavy (non-hydrogen) atoms. The van der Waals surface area contributed by atoms with Crippen molar-refractivity contribution in [3.05, 3.63) is 0 Å². The van der Waals surface area contributed by atoms with Crippen LogP contribution in [0.1, 0.15) is 74.1 Å². The van der Waals surface area contributed by atoms with Crippen LogP contribution in [-0.2, 0) is 23.8 Å². The van der Waals surface area contributed by atoms with Crippen LogP contribution in [0.5, 0.6) is 0 Å². The van der Waals surface area contributed by atoms with E-state index < -0.39 is 23.1 Å². The van der Waals surface area contributed by atoms with Gasteiger partial charge in [0.1, 0.15) is 12.0 Å². The Labute approximate surface area is 187 Å². The van der Waals surface area contributed by atoms with Crippen molar-refractivity contribution in [2.75, 3.05) is 27.4 Å².